The predicted octanol–water partition coefficient (Wildman–Crippen LogP) is 4.09. The van der Waals surface area contributed by atoms with Crippen LogP contribution in [0.5, 0.6) is 0 Å². The van der Waals surface area contributed by atoms with Crippen molar-refractivity contribution in [3.8, 4) is 28.5 Å². The number of nitrogens with zero attached hydrogens (tertiary/aromatic N) is 3. The average molecular weight is 330 g/mol. The predicted molar refractivity (Wildman–Crippen MR) is 95.6 cm³/mol. The first-order chi connectivity index (χ1) is 12.0. The molecule has 3 rings (SSSR count). The summed E-state index contributed by atoms with van der Waals surface area (Å²) in [5, 5.41) is 20.2. The number of benzene rings is 2. The Labute approximate surface area is 144 Å². The number of aromatic nitrogens is 1. The van der Waals surface area contributed by atoms with Crippen LogP contribution in [0.4, 0.5) is 11.5 Å². The van der Waals surface area contributed by atoms with Crippen molar-refractivity contribution >= 4 is 11.5 Å². The highest BCUT2D eigenvalue weighted by molar-refractivity contribution is 5.80. The highest BCUT2D eigenvalue weighted by Gasteiger charge is 2.14. The Hall–Kier alpha value is -3.72. The lowest BCUT2D eigenvalue weighted by Gasteiger charge is -2.10. The maximum absolute atomic E-state index is 10.8. The van der Waals surface area contributed by atoms with Crippen molar-refractivity contribution in [1.82, 2.24) is 4.98 Å². The van der Waals surface area contributed by atoms with Gasteiger partial charge in [-0.05, 0) is 30.7 Å². The second kappa shape index (κ2) is 6.42. The Bertz CT molecular complexity index is 988. The highest BCUT2D eigenvalue weighted by atomic mass is 16.6. The molecular weight excluding hydrogens is 316 g/mol. The largest absolute Gasteiger partial charge is 0.383 e. The summed E-state index contributed by atoms with van der Waals surface area (Å²) < 4.78 is 0. The Kier molecular flexibility index (Phi) is 4.14. The molecule has 0 aliphatic heterocycles. The standard InChI is InChI=1S/C19H14N4O2/c1-12-2-4-13(5-3-12)16-10-18(22-19(21)17(16)11-20)14-6-8-15(9-7-14)23(24)25/h2-10H,1H3,(H2,21,22). The van der Waals surface area contributed by atoms with Crippen LogP contribution in [0.3, 0.4) is 0 Å². The fraction of sp³-hybridized carbons (Fsp3) is 0.0526. The lowest BCUT2D eigenvalue weighted by molar-refractivity contribution is -0.384. The molecule has 122 valence electrons. The van der Waals surface area contributed by atoms with Crippen LogP contribution in [0.1, 0.15) is 11.1 Å². The van der Waals surface area contributed by atoms with Gasteiger partial charge in [0.15, 0.2) is 0 Å². The molecule has 0 saturated heterocycles. The average Bonchev–Trinajstić information content (AvgIpc) is 2.62. The second-order valence-corrected chi connectivity index (χ2v) is 5.60. The molecule has 6 nitrogen and oxygen atoms in total. The molecule has 0 spiro atoms. The molecule has 2 N–H and O–H groups in total. The van der Waals surface area contributed by atoms with E-state index >= 15 is 0 Å². The monoisotopic (exact) mass is 330 g/mol. The lowest BCUT2D eigenvalue weighted by atomic mass is 9.97. The Balaban J connectivity index is 2.15. The molecule has 0 atom stereocenters. The smallest absolute Gasteiger partial charge is 0.269 e. The first-order valence-corrected chi connectivity index (χ1v) is 7.52. The van der Waals surface area contributed by atoms with Gasteiger partial charge in [0.1, 0.15) is 17.5 Å². The third-order valence-electron chi connectivity index (χ3n) is 3.90. The minimum atomic E-state index is -0.456. The summed E-state index contributed by atoms with van der Waals surface area (Å²) in [7, 11) is 0. The van der Waals surface area contributed by atoms with Gasteiger partial charge in [-0.25, -0.2) is 4.98 Å². The van der Waals surface area contributed by atoms with Crippen LogP contribution in [0.15, 0.2) is 54.6 Å². The van der Waals surface area contributed by atoms with E-state index in [0.29, 0.717) is 22.4 Å². The minimum absolute atomic E-state index is 0.00382. The van der Waals surface area contributed by atoms with Crippen LogP contribution in [-0.4, -0.2) is 9.91 Å². The number of nitriles is 1. The molecule has 0 fully saturated rings. The van der Waals surface area contributed by atoms with E-state index < -0.39 is 4.92 Å². The van der Waals surface area contributed by atoms with Crippen molar-refractivity contribution in [2.75, 3.05) is 5.73 Å². The zero-order valence-corrected chi connectivity index (χ0v) is 13.4. The van der Waals surface area contributed by atoms with Crippen LogP contribution in [0, 0.1) is 28.4 Å². The lowest BCUT2D eigenvalue weighted by Crippen LogP contribution is -2.00. The van der Waals surface area contributed by atoms with Crippen molar-refractivity contribution in [3.05, 3.63) is 75.8 Å². The molecule has 0 saturated carbocycles. The summed E-state index contributed by atoms with van der Waals surface area (Å²) in [6.07, 6.45) is 0. The number of nitro benzene ring substituents is 1. The number of anilines is 1. The molecule has 3 aromatic rings. The van der Waals surface area contributed by atoms with Gasteiger partial charge in [0.2, 0.25) is 0 Å². The first kappa shape index (κ1) is 16.1. The van der Waals surface area contributed by atoms with Crippen molar-refractivity contribution in [1.29, 1.82) is 5.26 Å². The maximum atomic E-state index is 10.8. The molecule has 0 radical (unpaired) electrons. The zero-order valence-electron chi connectivity index (χ0n) is 13.4. The third kappa shape index (κ3) is 3.16. The van der Waals surface area contributed by atoms with E-state index in [1.54, 1.807) is 18.2 Å². The zero-order chi connectivity index (χ0) is 18.0. The molecule has 0 aliphatic rings. The van der Waals surface area contributed by atoms with Gasteiger partial charge in [-0.3, -0.25) is 10.1 Å². The summed E-state index contributed by atoms with van der Waals surface area (Å²) in [4.78, 5) is 14.6. The van der Waals surface area contributed by atoms with Gasteiger partial charge in [0, 0.05) is 23.3 Å². The SMILES string of the molecule is Cc1ccc(-c2cc(-c3ccc([N+](=O)[O-])cc3)nc(N)c2C#N)cc1. The van der Waals surface area contributed by atoms with E-state index in [4.69, 9.17) is 5.73 Å². The van der Waals surface area contributed by atoms with Crippen LogP contribution in [-0.2, 0) is 0 Å². The number of hydrogen-bond acceptors (Lipinski definition) is 5. The number of nitrogen functional groups attached to an aromatic ring is 1. The molecule has 1 aromatic heterocycles. The number of nitrogens with two attached hydrogens (primary N) is 1. The van der Waals surface area contributed by atoms with Crippen LogP contribution in [0.2, 0.25) is 0 Å². The van der Waals surface area contributed by atoms with Crippen LogP contribution >= 0.6 is 0 Å². The fourth-order valence-corrected chi connectivity index (χ4v) is 2.54. The van der Waals surface area contributed by atoms with Crippen molar-refractivity contribution in [2.45, 2.75) is 6.92 Å². The van der Waals surface area contributed by atoms with E-state index in [-0.39, 0.29) is 11.5 Å². The van der Waals surface area contributed by atoms with E-state index in [1.165, 1.54) is 12.1 Å². The van der Waals surface area contributed by atoms with Crippen LogP contribution < -0.4 is 5.73 Å². The summed E-state index contributed by atoms with van der Waals surface area (Å²) in [5.41, 5.74) is 10.2. The molecule has 1 heterocycles. The van der Waals surface area contributed by atoms with E-state index in [2.05, 4.69) is 11.1 Å². The Morgan fingerprint density at radius 2 is 1.68 bits per heavy atom. The van der Waals surface area contributed by atoms with Crippen molar-refractivity contribution in [3.63, 3.8) is 0 Å². The van der Waals surface area contributed by atoms with Crippen molar-refractivity contribution in [2.24, 2.45) is 0 Å². The van der Waals surface area contributed by atoms with Gasteiger partial charge in [-0.2, -0.15) is 5.26 Å². The maximum Gasteiger partial charge on any atom is 0.269 e. The van der Waals surface area contributed by atoms with Gasteiger partial charge in [0.25, 0.3) is 5.69 Å². The first-order valence-electron chi connectivity index (χ1n) is 7.52. The molecule has 2 aromatic carbocycles. The van der Waals surface area contributed by atoms with Crippen LogP contribution in [0.25, 0.3) is 22.4 Å². The van der Waals surface area contributed by atoms with Gasteiger partial charge in [-0.15, -0.1) is 0 Å². The summed E-state index contributed by atoms with van der Waals surface area (Å²) in [6.45, 7) is 1.98. The van der Waals surface area contributed by atoms with E-state index in [1.807, 2.05) is 31.2 Å². The number of non-ortho nitro benzene ring substituents is 1. The number of pyridine rings is 1. The summed E-state index contributed by atoms with van der Waals surface area (Å²) in [6, 6.07) is 17.7. The molecule has 0 aliphatic carbocycles. The minimum Gasteiger partial charge on any atom is -0.383 e. The third-order valence-corrected chi connectivity index (χ3v) is 3.90. The van der Waals surface area contributed by atoms with Gasteiger partial charge >= 0.3 is 0 Å². The summed E-state index contributed by atoms with van der Waals surface area (Å²) in [5.74, 6) is 0.133. The number of nitro groups is 1. The van der Waals surface area contributed by atoms with E-state index in [9.17, 15) is 15.4 Å². The second-order valence-electron chi connectivity index (χ2n) is 5.60. The fourth-order valence-electron chi connectivity index (χ4n) is 2.54. The van der Waals surface area contributed by atoms with Gasteiger partial charge in [-0.1, -0.05) is 29.8 Å². The molecule has 0 bridgehead atoms. The summed E-state index contributed by atoms with van der Waals surface area (Å²) >= 11 is 0. The highest BCUT2D eigenvalue weighted by Crippen LogP contribution is 2.31. The Morgan fingerprint density at radius 1 is 1.08 bits per heavy atom. The number of aryl methyl sites for hydroxylation is 1. The molecule has 0 unspecified atom stereocenters. The van der Waals surface area contributed by atoms with Crippen molar-refractivity contribution < 1.29 is 4.92 Å². The molecule has 25 heavy (non-hydrogen) atoms. The van der Waals surface area contributed by atoms with Gasteiger partial charge in [0.05, 0.1) is 10.6 Å². The molecular formula is C19H14N4O2. The number of rotatable bonds is 3. The van der Waals surface area contributed by atoms with E-state index in [0.717, 1.165) is 11.1 Å². The molecule has 6 heteroatoms. The topological polar surface area (TPSA) is 106 Å². The normalized spacial score (nSPS) is 10.2. The van der Waals surface area contributed by atoms with Gasteiger partial charge < -0.3 is 5.73 Å². The quantitative estimate of drug-likeness (QED) is 0.575. The molecule has 0 amide bonds. The Morgan fingerprint density at radius 3 is 2.24 bits per heavy atom. The number of hydrogen-bond donors (Lipinski definition) is 1.